The van der Waals surface area contributed by atoms with Crippen molar-refractivity contribution in [3.8, 4) is 6.07 Å². The number of para-hydroxylation sites is 1. The highest BCUT2D eigenvalue weighted by Crippen LogP contribution is 2.25. The van der Waals surface area contributed by atoms with Gasteiger partial charge in [0.2, 0.25) is 5.91 Å². The number of benzene rings is 2. The Morgan fingerprint density at radius 1 is 1.16 bits per heavy atom. The molecule has 4 rings (SSSR count). The van der Waals surface area contributed by atoms with Crippen molar-refractivity contribution < 1.29 is 9.59 Å². The molecule has 0 aliphatic heterocycles. The molecular formula is C25H27N5O2. The molecule has 0 spiro atoms. The van der Waals surface area contributed by atoms with E-state index < -0.39 is 11.5 Å². The zero-order valence-corrected chi connectivity index (χ0v) is 18.6. The maximum Gasteiger partial charge on any atom is 0.273 e. The van der Waals surface area contributed by atoms with Gasteiger partial charge < -0.3 is 10.6 Å². The fourth-order valence-corrected chi connectivity index (χ4v) is 3.66. The Morgan fingerprint density at radius 2 is 1.84 bits per heavy atom. The lowest BCUT2D eigenvalue weighted by Crippen LogP contribution is -2.54. The lowest BCUT2D eigenvalue weighted by atomic mass is 9.86. The van der Waals surface area contributed by atoms with E-state index in [1.807, 2.05) is 57.2 Å². The normalized spacial score (nSPS) is 14.6. The summed E-state index contributed by atoms with van der Waals surface area (Å²) in [6, 6.07) is 16.5. The molecule has 1 aliphatic carbocycles. The van der Waals surface area contributed by atoms with Gasteiger partial charge in [0.15, 0.2) is 5.69 Å². The number of carbonyl (C=O) groups is 2. The van der Waals surface area contributed by atoms with Crippen LogP contribution in [0.3, 0.4) is 0 Å². The first-order valence-corrected chi connectivity index (χ1v) is 10.8. The second-order valence-corrected chi connectivity index (χ2v) is 9.39. The molecule has 2 amide bonds. The van der Waals surface area contributed by atoms with Crippen molar-refractivity contribution in [3.05, 3.63) is 65.4 Å². The van der Waals surface area contributed by atoms with Crippen LogP contribution in [0, 0.1) is 16.7 Å². The largest absolute Gasteiger partial charge is 0.352 e. The average Bonchev–Trinajstić information content (AvgIpc) is 3.51. The molecule has 7 heteroatoms. The van der Waals surface area contributed by atoms with Gasteiger partial charge in [-0.25, -0.2) is 0 Å². The highest BCUT2D eigenvalue weighted by atomic mass is 16.2. The number of rotatable bonds is 6. The van der Waals surface area contributed by atoms with Crippen LogP contribution >= 0.6 is 0 Å². The molecule has 3 aromatic rings. The molecule has 1 aromatic heterocycles. The van der Waals surface area contributed by atoms with Crippen LogP contribution in [0.25, 0.3) is 10.9 Å². The van der Waals surface area contributed by atoms with Crippen molar-refractivity contribution in [2.45, 2.75) is 52.2 Å². The monoisotopic (exact) mass is 429 g/mol. The summed E-state index contributed by atoms with van der Waals surface area (Å²) in [5.74, 6) is -0.527. The van der Waals surface area contributed by atoms with Crippen LogP contribution in [0.4, 0.5) is 0 Å². The number of hydrogen-bond donors (Lipinski definition) is 2. The number of nitrogens with one attached hydrogen (secondary N) is 2. The fraction of sp³-hybridized carbons (Fsp3) is 0.360. The third-order valence-corrected chi connectivity index (χ3v) is 5.62. The molecule has 0 radical (unpaired) electrons. The van der Waals surface area contributed by atoms with Gasteiger partial charge in [-0.15, -0.1) is 0 Å². The van der Waals surface area contributed by atoms with Gasteiger partial charge in [-0.05, 0) is 42.0 Å². The molecule has 7 nitrogen and oxygen atoms in total. The van der Waals surface area contributed by atoms with E-state index in [-0.39, 0.29) is 17.9 Å². The first-order chi connectivity index (χ1) is 15.3. The van der Waals surface area contributed by atoms with E-state index in [4.69, 9.17) is 5.26 Å². The van der Waals surface area contributed by atoms with Gasteiger partial charge in [-0.1, -0.05) is 51.1 Å². The molecule has 1 heterocycles. The van der Waals surface area contributed by atoms with Gasteiger partial charge in [0.25, 0.3) is 5.91 Å². The Bertz CT molecular complexity index is 1190. The van der Waals surface area contributed by atoms with Crippen molar-refractivity contribution in [2.75, 3.05) is 0 Å². The van der Waals surface area contributed by atoms with E-state index in [2.05, 4.69) is 21.8 Å². The van der Waals surface area contributed by atoms with E-state index in [9.17, 15) is 9.59 Å². The Balaban J connectivity index is 1.62. The predicted octanol–water partition coefficient (Wildman–Crippen LogP) is 3.38. The Labute approximate surface area is 187 Å². The molecule has 2 aromatic carbocycles. The van der Waals surface area contributed by atoms with Gasteiger partial charge in [-0.3, -0.25) is 14.3 Å². The van der Waals surface area contributed by atoms with Crippen molar-refractivity contribution in [1.82, 2.24) is 20.4 Å². The van der Waals surface area contributed by atoms with Crippen LogP contribution in [0.5, 0.6) is 0 Å². The van der Waals surface area contributed by atoms with Crippen LogP contribution < -0.4 is 10.6 Å². The Hall–Kier alpha value is -3.66. The van der Waals surface area contributed by atoms with Crippen molar-refractivity contribution in [3.63, 3.8) is 0 Å². The predicted molar refractivity (Wildman–Crippen MR) is 122 cm³/mol. The molecule has 2 N–H and O–H groups in total. The standard InChI is InChI=1S/C25H27N5O2/c1-25(2,3)22(24(32)27-18-12-13-18)28-23(31)21-19-6-4-5-7-20(19)30(29-21)15-17-10-8-16(14-26)9-11-17/h4-11,18,22H,12-13,15H2,1-3H3,(H,27,32)(H,28,31)/t22-/m1/s1. The van der Waals surface area contributed by atoms with Crippen LogP contribution in [-0.4, -0.2) is 33.7 Å². The van der Waals surface area contributed by atoms with E-state index in [1.54, 1.807) is 16.8 Å². The minimum absolute atomic E-state index is 0.158. The summed E-state index contributed by atoms with van der Waals surface area (Å²) in [7, 11) is 0. The quantitative estimate of drug-likeness (QED) is 0.627. The Kier molecular flexibility index (Phi) is 5.70. The van der Waals surface area contributed by atoms with Crippen LogP contribution in [0.1, 0.15) is 55.2 Å². The molecule has 32 heavy (non-hydrogen) atoms. The number of aromatic nitrogens is 2. The van der Waals surface area contributed by atoms with Gasteiger partial charge in [0, 0.05) is 11.4 Å². The summed E-state index contributed by atoms with van der Waals surface area (Å²) in [5.41, 5.74) is 2.24. The molecule has 1 fully saturated rings. The average molecular weight is 430 g/mol. The van der Waals surface area contributed by atoms with E-state index in [1.165, 1.54) is 0 Å². The number of amides is 2. The summed E-state index contributed by atoms with van der Waals surface area (Å²) in [6.45, 7) is 6.27. The summed E-state index contributed by atoms with van der Waals surface area (Å²) >= 11 is 0. The maximum absolute atomic E-state index is 13.3. The molecule has 1 aliphatic rings. The van der Waals surface area contributed by atoms with Crippen molar-refractivity contribution >= 4 is 22.7 Å². The maximum atomic E-state index is 13.3. The number of fused-ring (bicyclic) bond motifs is 1. The zero-order chi connectivity index (χ0) is 22.9. The second-order valence-electron chi connectivity index (χ2n) is 9.39. The molecular weight excluding hydrogens is 402 g/mol. The third kappa shape index (κ3) is 4.65. The third-order valence-electron chi connectivity index (χ3n) is 5.62. The van der Waals surface area contributed by atoms with Crippen LogP contribution in [0.2, 0.25) is 0 Å². The summed E-state index contributed by atoms with van der Waals surface area (Å²) in [5, 5.41) is 20.3. The topological polar surface area (TPSA) is 99.8 Å². The van der Waals surface area contributed by atoms with Gasteiger partial charge in [0.05, 0.1) is 23.7 Å². The van der Waals surface area contributed by atoms with Gasteiger partial charge in [-0.2, -0.15) is 10.4 Å². The SMILES string of the molecule is CC(C)(C)[C@H](NC(=O)c1nn(Cc2ccc(C#N)cc2)c2ccccc12)C(=O)NC1CC1. The highest BCUT2D eigenvalue weighted by Gasteiger charge is 2.36. The molecule has 0 unspecified atom stereocenters. The lowest BCUT2D eigenvalue weighted by molar-refractivity contribution is -0.125. The fourth-order valence-electron chi connectivity index (χ4n) is 3.66. The molecule has 0 saturated heterocycles. The Morgan fingerprint density at radius 3 is 2.47 bits per heavy atom. The number of nitrogens with zero attached hydrogens (tertiary/aromatic N) is 3. The molecule has 1 saturated carbocycles. The number of carbonyl (C=O) groups excluding carboxylic acids is 2. The lowest BCUT2D eigenvalue weighted by Gasteiger charge is -2.30. The zero-order valence-electron chi connectivity index (χ0n) is 18.6. The minimum atomic E-state index is -0.668. The van der Waals surface area contributed by atoms with Crippen LogP contribution in [-0.2, 0) is 11.3 Å². The highest BCUT2D eigenvalue weighted by molar-refractivity contribution is 6.06. The minimum Gasteiger partial charge on any atom is -0.352 e. The first kappa shape index (κ1) is 21.6. The molecule has 1 atom stereocenters. The van der Waals surface area contributed by atoms with Crippen LogP contribution in [0.15, 0.2) is 48.5 Å². The summed E-state index contributed by atoms with van der Waals surface area (Å²) < 4.78 is 1.78. The molecule has 164 valence electrons. The summed E-state index contributed by atoms with van der Waals surface area (Å²) in [4.78, 5) is 26.1. The van der Waals surface area contributed by atoms with Crippen molar-refractivity contribution in [1.29, 1.82) is 5.26 Å². The van der Waals surface area contributed by atoms with Crippen molar-refractivity contribution in [2.24, 2.45) is 5.41 Å². The smallest absolute Gasteiger partial charge is 0.273 e. The summed E-state index contributed by atoms with van der Waals surface area (Å²) in [6.07, 6.45) is 1.97. The number of nitriles is 1. The van der Waals surface area contributed by atoms with E-state index in [0.717, 1.165) is 29.3 Å². The molecule has 0 bridgehead atoms. The van der Waals surface area contributed by atoms with E-state index in [0.29, 0.717) is 17.8 Å². The number of hydrogen-bond acceptors (Lipinski definition) is 4. The van der Waals surface area contributed by atoms with Gasteiger partial charge in [0.1, 0.15) is 6.04 Å². The van der Waals surface area contributed by atoms with Gasteiger partial charge >= 0.3 is 0 Å². The first-order valence-electron chi connectivity index (χ1n) is 10.8. The second kappa shape index (κ2) is 8.46. The van der Waals surface area contributed by atoms with E-state index >= 15 is 0 Å².